The van der Waals surface area contributed by atoms with Crippen LogP contribution in [-0.4, -0.2) is 34.1 Å². The van der Waals surface area contributed by atoms with E-state index in [1.54, 1.807) is 0 Å². The molecule has 16 heavy (non-hydrogen) atoms. The van der Waals surface area contributed by atoms with Crippen molar-refractivity contribution in [1.82, 2.24) is 15.0 Å². The molecule has 84 valence electrons. The monoisotopic (exact) mass is 219 g/mol. The number of hydrogen-bond donors (Lipinski definition) is 1. The van der Waals surface area contributed by atoms with Gasteiger partial charge in [-0.05, 0) is 12.8 Å². The first kappa shape index (κ1) is 9.53. The van der Waals surface area contributed by atoms with E-state index in [0.29, 0.717) is 18.3 Å². The quantitative estimate of drug-likeness (QED) is 0.794. The zero-order valence-corrected chi connectivity index (χ0v) is 8.83. The van der Waals surface area contributed by atoms with E-state index in [4.69, 9.17) is 10.2 Å². The Bertz CT molecular complexity index is 497. The summed E-state index contributed by atoms with van der Waals surface area (Å²) in [6.07, 6.45) is 5.16. The first-order valence-electron chi connectivity index (χ1n) is 5.41. The molecule has 6 nitrogen and oxygen atoms in total. The summed E-state index contributed by atoms with van der Waals surface area (Å²) in [5, 5.41) is 0. The lowest BCUT2D eigenvalue weighted by molar-refractivity contribution is 0.590. The average Bonchev–Trinajstić information content (AvgIpc) is 2.96. The van der Waals surface area contributed by atoms with Crippen LogP contribution in [0.5, 0.6) is 0 Å². The van der Waals surface area contributed by atoms with Crippen LogP contribution in [0.4, 0.5) is 5.82 Å². The van der Waals surface area contributed by atoms with Crippen LogP contribution in [0.3, 0.4) is 0 Å². The minimum atomic E-state index is 0.356. The van der Waals surface area contributed by atoms with Crippen molar-refractivity contribution in [3.8, 4) is 0 Å². The van der Waals surface area contributed by atoms with Crippen LogP contribution >= 0.6 is 0 Å². The van der Waals surface area contributed by atoms with Crippen LogP contribution in [0.2, 0.25) is 0 Å². The van der Waals surface area contributed by atoms with Crippen LogP contribution in [0.1, 0.15) is 12.8 Å². The molecule has 0 saturated carbocycles. The summed E-state index contributed by atoms with van der Waals surface area (Å²) < 4.78 is 5.17. The number of oxazole rings is 1. The van der Waals surface area contributed by atoms with Gasteiger partial charge in [0.2, 0.25) is 0 Å². The van der Waals surface area contributed by atoms with E-state index < -0.39 is 0 Å². The van der Waals surface area contributed by atoms with Gasteiger partial charge in [-0.3, -0.25) is 0 Å². The van der Waals surface area contributed by atoms with Crippen LogP contribution < -0.4 is 10.6 Å². The summed E-state index contributed by atoms with van der Waals surface area (Å²) in [6.45, 7) is 1.62. The molecule has 1 aliphatic rings. The van der Waals surface area contributed by atoms with Gasteiger partial charge in [0.25, 0.3) is 5.71 Å². The molecular weight excluding hydrogens is 206 g/mol. The lowest BCUT2D eigenvalue weighted by Gasteiger charge is -2.24. The van der Waals surface area contributed by atoms with E-state index >= 15 is 0 Å². The normalized spacial score (nSPS) is 20.8. The highest BCUT2D eigenvalue weighted by Crippen LogP contribution is 2.27. The van der Waals surface area contributed by atoms with Crippen molar-refractivity contribution in [3.63, 3.8) is 0 Å². The zero-order chi connectivity index (χ0) is 11.0. The van der Waals surface area contributed by atoms with Crippen molar-refractivity contribution in [2.75, 3.05) is 18.0 Å². The summed E-state index contributed by atoms with van der Waals surface area (Å²) >= 11 is 0. The van der Waals surface area contributed by atoms with Crippen LogP contribution in [-0.2, 0) is 0 Å². The summed E-state index contributed by atoms with van der Waals surface area (Å²) in [5.41, 5.74) is 7.01. The van der Waals surface area contributed by atoms with Gasteiger partial charge in [-0.1, -0.05) is 0 Å². The van der Waals surface area contributed by atoms with Gasteiger partial charge in [0, 0.05) is 19.1 Å². The minimum absolute atomic E-state index is 0.356. The first-order chi connectivity index (χ1) is 7.90. The molecule has 0 spiro atoms. The third-order valence-electron chi connectivity index (χ3n) is 3.04. The fourth-order valence-electron chi connectivity index (χ4n) is 2.25. The Morgan fingerprint density at radius 2 is 2.38 bits per heavy atom. The van der Waals surface area contributed by atoms with Crippen molar-refractivity contribution >= 4 is 17.0 Å². The molecule has 6 heteroatoms. The second kappa shape index (κ2) is 3.71. The van der Waals surface area contributed by atoms with Gasteiger partial charge in [0.1, 0.15) is 6.33 Å². The smallest absolute Gasteiger partial charge is 0.252 e. The molecule has 2 aromatic heterocycles. The fraction of sp³-hybridized carbons (Fsp3) is 0.500. The Balaban J connectivity index is 2.07. The second-order valence-electron chi connectivity index (χ2n) is 3.93. The largest absolute Gasteiger partial charge is 0.425 e. The molecule has 1 unspecified atom stereocenters. The molecule has 1 atom stereocenters. The van der Waals surface area contributed by atoms with Crippen LogP contribution in [0.15, 0.2) is 17.1 Å². The van der Waals surface area contributed by atoms with E-state index in [1.807, 2.05) is 0 Å². The molecule has 1 fully saturated rings. The minimum Gasteiger partial charge on any atom is -0.425 e. The Labute approximate surface area is 92.5 Å². The van der Waals surface area contributed by atoms with Crippen LogP contribution in [0, 0.1) is 0 Å². The molecule has 2 aromatic rings. The molecule has 0 aromatic carbocycles. The molecule has 0 radical (unpaired) electrons. The molecule has 1 saturated heterocycles. The summed E-state index contributed by atoms with van der Waals surface area (Å²) in [4.78, 5) is 14.7. The molecule has 0 aliphatic carbocycles. The number of fused-ring (bicyclic) bond motifs is 1. The van der Waals surface area contributed by atoms with Gasteiger partial charge in [-0.15, -0.1) is 0 Å². The van der Waals surface area contributed by atoms with Gasteiger partial charge in [-0.25, -0.2) is 9.97 Å². The number of hydrogen-bond acceptors (Lipinski definition) is 6. The van der Waals surface area contributed by atoms with E-state index in [-0.39, 0.29) is 0 Å². The van der Waals surface area contributed by atoms with Crippen molar-refractivity contribution in [1.29, 1.82) is 0 Å². The molecule has 2 N–H and O–H groups in total. The topological polar surface area (TPSA) is 81.1 Å². The summed E-state index contributed by atoms with van der Waals surface area (Å²) in [5.74, 6) is 0.840. The number of nitrogens with zero attached hydrogens (tertiary/aromatic N) is 4. The maximum atomic E-state index is 5.75. The highest BCUT2D eigenvalue weighted by molar-refractivity contribution is 5.81. The SMILES string of the molecule is NCC1CCCN1c1ncnc2ocnc12. The van der Waals surface area contributed by atoms with Crippen molar-refractivity contribution in [2.24, 2.45) is 5.73 Å². The predicted molar refractivity (Wildman–Crippen MR) is 59.0 cm³/mol. The first-order valence-corrected chi connectivity index (χ1v) is 5.41. The molecule has 0 bridgehead atoms. The van der Waals surface area contributed by atoms with Crippen LogP contribution in [0.25, 0.3) is 11.2 Å². The van der Waals surface area contributed by atoms with Gasteiger partial charge in [0.15, 0.2) is 17.7 Å². The zero-order valence-electron chi connectivity index (χ0n) is 8.83. The highest BCUT2D eigenvalue weighted by Gasteiger charge is 2.26. The van der Waals surface area contributed by atoms with Crippen molar-refractivity contribution in [2.45, 2.75) is 18.9 Å². The van der Waals surface area contributed by atoms with Gasteiger partial charge in [0.05, 0.1) is 0 Å². The van der Waals surface area contributed by atoms with Gasteiger partial charge < -0.3 is 15.1 Å². The number of anilines is 1. The Hall–Kier alpha value is -1.69. The second-order valence-corrected chi connectivity index (χ2v) is 3.93. The Morgan fingerprint density at radius 1 is 1.44 bits per heavy atom. The third kappa shape index (κ3) is 1.34. The standard InChI is InChI=1S/C10H13N5O/c11-4-7-2-1-3-15(7)9-8-10(13-5-12-9)16-6-14-8/h5-7H,1-4,11H2. The molecule has 3 heterocycles. The van der Waals surface area contributed by atoms with E-state index in [0.717, 1.165) is 30.7 Å². The maximum absolute atomic E-state index is 5.75. The predicted octanol–water partition coefficient (Wildman–Crippen LogP) is 0.545. The molecule has 3 rings (SSSR count). The fourth-order valence-corrected chi connectivity index (χ4v) is 2.25. The maximum Gasteiger partial charge on any atom is 0.252 e. The highest BCUT2D eigenvalue weighted by atomic mass is 16.3. The van der Waals surface area contributed by atoms with E-state index in [1.165, 1.54) is 12.7 Å². The van der Waals surface area contributed by atoms with E-state index in [2.05, 4.69) is 19.9 Å². The summed E-state index contributed by atoms with van der Waals surface area (Å²) in [6, 6.07) is 0.356. The number of nitrogens with two attached hydrogens (primary N) is 1. The van der Waals surface area contributed by atoms with Gasteiger partial charge in [-0.2, -0.15) is 4.98 Å². The van der Waals surface area contributed by atoms with Gasteiger partial charge >= 0.3 is 0 Å². The lowest BCUT2D eigenvalue weighted by Crippen LogP contribution is -2.36. The van der Waals surface area contributed by atoms with Crippen molar-refractivity contribution < 1.29 is 4.42 Å². The van der Waals surface area contributed by atoms with E-state index in [9.17, 15) is 0 Å². The molecule has 1 aliphatic heterocycles. The molecular formula is C10H13N5O. The average molecular weight is 219 g/mol. The third-order valence-corrected chi connectivity index (χ3v) is 3.04. The summed E-state index contributed by atoms with van der Waals surface area (Å²) in [7, 11) is 0. The number of aromatic nitrogens is 3. The lowest BCUT2D eigenvalue weighted by atomic mass is 10.2. The Morgan fingerprint density at radius 3 is 3.25 bits per heavy atom. The van der Waals surface area contributed by atoms with Crippen molar-refractivity contribution in [3.05, 3.63) is 12.7 Å². The molecule has 0 amide bonds. The Kier molecular flexibility index (Phi) is 2.21. The number of rotatable bonds is 2.